The van der Waals surface area contributed by atoms with E-state index in [9.17, 15) is 9.18 Å². The lowest BCUT2D eigenvalue weighted by atomic mass is 10.3. The molecule has 1 fully saturated rings. The number of ether oxygens (including phenoxy) is 1. The number of halogens is 1. The van der Waals surface area contributed by atoms with Gasteiger partial charge in [-0.05, 0) is 38.1 Å². The highest BCUT2D eigenvalue weighted by Crippen LogP contribution is 2.10. The van der Waals surface area contributed by atoms with Crippen molar-refractivity contribution in [2.24, 2.45) is 0 Å². The van der Waals surface area contributed by atoms with Gasteiger partial charge in [0.25, 0.3) is 5.91 Å². The molecule has 134 valence electrons. The largest absolute Gasteiger partial charge is 0.379 e. The van der Waals surface area contributed by atoms with Gasteiger partial charge in [-0.2, -0.15) is 0 Å². The third kappa shape index (κ3) is 4.40. The van der Waals surface area contributed by atoms with Crippen molar-refractivity contribution in [1.29, 1.82) is 0 Å². The van der Waals surface area contributed by atoms with Crippen molar-refractivity contribution in [3.05, 3.63) is 41.7 Å². The zero-order valence-electron chi connectivity index (χ0n) is 14.4. The van der Waals surface area contributed by atoms with Crippen molar-refractivity contribution in [2.45, 2.75) is 19.9 Å². The number of nitrogens with zero attached hydrogens (tertiary/aromatic N) is 4. The zero-order valence-corrected chi connectivity index (χ0v) is 14.4. The van der Waals surface area contributed by atoms with Crippen molar-refractivity contribution >= 4 is 5.91 Å². The first kappa shape index (κ1) is 17.5. The van der Waals surface area contributed by atoms with Gasteiger partial charge in [0, 0.05) is 25.7 Å². The molecule has 0 unspecified atom stereocenters. The molecule has 1 aliphatic rings. The molecule has 1 aliphatic heterocycles. The molecule has 0 aliphatic carbocycles. The summed E-state index contributed by atoms with van der Waals surface area (Å²) in [4.78, 5) is 18.9. The van der Waals surface area contributed by atoms with Crippen LogP contribution >= 0.6 is 0 Å². The van der Waals surface area contributed by atoms with Crippen molar-refractivity contribution in [3.63, 3.8) is 0 Å². The molecule has 0 radical (unpaired) electrons. The summed E-state index contributed by atoms with van der Waals surface area (Å²) in [6.07, 6.45) is 0. The summed E-state index contributed by atoms with van der Waals surface area (Å²) in [5.41, 5.74) is 0.659. The van der Waals surface area contributed by atoms with Crippen LogP contribution in [0.15, 0.2) is 24.3 Å². The molecule has 25 heavy (non-hydrogen) atoms. The fourth-order valence-electron chi connectivity index (χ4n) is 2.82. The van der Waals surface area contributed by atoms with E-state index in [1.807, 2.05) is 6.92 Å². The minimum Gasteiger partial charge on any atom is -0.379 e. The second-order valence-electron chi connectivity index (χ2n) is 6.16. The summed E-state index contributed by atoms with van der Waals surface area (Å²) in [6.45, 7) is 7.66. The molecule has 3 rings (SSSR count). The number of carbonyl (C=O) groups is 1. The second kappa shape index (κ2) is 7.71. The maximum absolute atomic E-state index is 13.1. The van der Waals surface area contributed by atoms with E-state index >= 15 is 0 Å². The lowest BCUT2D eigenvalue weighted by Gasteiger charge is -2.29. The molecule has 7 nitrogen and oxygen atoms in total. The molecule has 1 N–H and O–H groups in total. The minimum atomic E-state index is -0.323. The van der Waals surface area contributed by atoms with Gasteiger partial charge in [0.1, 0.15) is 11.6 Å². The van der Waals surface area contributed by atoms with E-state index in [-0.39, 0.29) is 23.6 Å². The number of carbonyl (C=O) groups excluding carboxylic acids is 1. The molecule has 0 saturated carbocycles. The summed E-state index contributed by atoms with van der Waals surface area (Å²) >= 11 is 0. The van der Waals surface area contributed by atoms with Crippen molar-refractivity contribution in [1.82, 2.24) is 25.0 Å². The van der Waals surface area contributed by atoms with E-state index in [0.717, 1.165) is 32.8 Å². The van der Waals surface area contributed by atoms with Crippen LogP contribution in [0.4, 0.5) is 4.39 Å². The Kier molecular flexibility index (Phi) is 5.40. The minimum absolute atomic E-state index is 0.0244. The van der Waals surface area contributed by atoms with Crippen LogP contribution in [0.2, 0.25) is 0 Å². The van der Waals surface area contributed by atoms with Crippen LogP contribution in [0, 0.1) is 12.7 Å². The van der Waals surface area contributed by atoms with E-state index in [1.54, 1.807) is 19.1 Å². The number of benzene rings is 1. The van der Waals surface area contributed by atoms with Gasteiger partial charge in [-0.25, -0.2) is 14.1 Å². The average molecular weight is 347 g/mol. The fourth-order valence-corrected chi connectivity index (χ4v) is 2.82. The highest BCUT2D eigenvalue weighted by atomic mass is 19.1. The maximum Gasteiger partial charge on any atom is 0.291 e. The normalized spacial score (nSPS) is 16.6. The van der Waals surface area contributed by atoms with Gasteiger partial charge in [-0.1, -0.05) is 0 Å². The number of hydrogen-bond acceptors (Lipinski definition) is 5. The molecule has 0 spiro atoms. The first-order valence-electron chi connectivity index (χ1n) is 8.33. The van der Waals surface area contributed by atoms with Gasteiger partial charge in [-0.3, -0.25) is 9.69 Å². The van der Waals surface area contributed by atoms with Crippen LogP contribution in [0.1, 0.15) is 23.4 Å². The number of rotatable bonds is 5. The van der Waals surface area contributed by atoms with E-state index in [4.69, 9.17) is 4.74 Å². The Labute approximate surface area is 145 Å². The topological polar surface area (TPSA) is 72.3 Å². The number of aromatic nitrogens is 3. The van der Waals surface area contributed by atoms with Crippen LogP contribution in [0.3, 0.4) is 0 Å². The van der Waals surface area contributed by atoms with Crippen molar-refractivity contribution in [2.75, 3.05) is 32.8 Å². The molecule has 1 saturated heterocycles. The van der Waals surface area contributed by atoms with Crippen molar-refractivity contribution in [3.8, 4) is 5.69 Å². The lowest BCUT2D eigenvalue weighted by Crippen LogP contribution is -2.46. The van der Waals surface area contributed by atoms with Crippen LogP contribution in [0.5, 0.6) is 0 Å². The van der Waals surface area contributed by atoms with Crippen LogP contribution < -0.4 is 5.32 Å². The van der Waals surface area contributed by atoms with Crippen LogP contribution in [0.25, 0.3) is 5.69 Å². The second-order valence-corrected chi connectivity index (χ2v) is 6.16. The Morgan fingerprint density at radius 1 is 1.32 bits per heavy atom. The summed E-state index contributed by atoms with van der Waals surface area (Å²) in [7, 11) is 0. The molecule has 1 aromatic carbocycles. The van der Waals surface area contributed by atoms with E-state index in [1.165, 1.54) is 16.8 Å². The predicted molar refractivity (Wildman–Crippen MR) is 90.2 cm³/mol. The quantitative estimate of drug-likeness (QED) is 0.879. The van der Waals surface area contributed by atoms with Gasteiger partial charge in [0.15, 0.2) is 0 Å². The van der Waals surface area contributed by atoms with E-state index < -0.39 is 0 Å². The Morgan fingerprint density at radius 3 is 2.68 bits per heavy atom. The lowest BCUT2D eigenvalue weighted by molar-refractivity contribution is 0.0342. The smallest absolute Gasteiger partial charge is 0.291 e. The summed E-state index contributed by atoms with van der Waals surface area (Å²) in [5, 5.41) is 7.17. The van der Waals surface area contributed by atoms with Crippen LogP contribution in [-0.2, 0) is 4.74 Å². The Balaban J connectivity index is 1.64. The average Bonchev–Trinajstić information content (AvgIpc) is 2.98. The number of hydrogen-bond donors (Lipinski definition) is 1. The number of morpholine rings is 1. The zero-order chi connectivity index (χ0) is 17.8. The monoisotopic (exact) mass is 347 g/mol. The van der Waals surface area contributed by atoms with Gasteiger partial charge < -0.3 is 10.1 Å². The Bertz CT molecular complexity index is 725. The van der Waals surface area contributed by atoms with Gasteiger partial charge in [-0.15, -0.1) is 5.10 Å². The standard InChI is InChI=1S/C17H22FN5O2/c1-12(11-22-7-9-25-10-8-22)19-17(24)16-20-13(2)23(21-16)15-5-3-14(18)4-6-15/h3-6,12H,7-11H2,1-2H3,(H,19,24)/t12-/m1/s1. The molecule has 2 aromatic rings. The molecular weight excluding hydrogens is 325 g/mol. The van der Waals surface area contributed by atoms with E-state index in [0.29, 0.717) is 11.5 Å². The van der Waals surface area contributed by atoms with Crippen LogP contribution in [-0.4, -0.2) is 64.5 Å². The molecule has 8 heteroatoms. The summed E-state index contributed by atoms with van der Waals surface area (Å²) in [5.74, 6) is 0.0365. The molecule has 1 atom stereocenters. The first-order valence-corrected chi connectivity index (χ1v) is 8.33. The molecule has 1 aromatic heterocycles. The Hall–Kier alpha value is -2.32. The number of nitrogens with one attached hydrogen (secondary N) is 1. The van der Waals surface area contributed by atoms with Gasteiger partial charge >= 0.3 is 0 Å². The highest BCUT2D eigenvalue weighted by molar-refractivity contribution is 5.90. The molecule has 1 amide bonds. The highest BCUT2D eigenvalue weighted by Gasteiger charge is 2.19. The summed E-state index contributed by atoms with van der Waals surface area (Å²) < 4.78 is 19.9. The predicted octanol–water partition coefficient (Wildman–Crippen LogP) is 1.17. The van der Waals surface area contributed by atoms with Crippen molar-refractivity contribution < 1.29 is 13.9 Å². The number of aryl methyl sites for hydroxylation is 1. The molecule has 2 heterocycles. The third-order valence-corrected chi connectivity index (χ3v) is 4.06. The third-order valence-electron chi connectivity index (χ3n) is 4.06. The maximum atomic E-state index is 13.1. The summed E-state index contributed by atoms with van der Waals surface area (Å²) in [6, 6.07) is 5.87. The number of amides is 1. The molecular formula is C17H22FN5O2. The first-order chi connectivity index (χ1) is 12.0. The fraction of sp³-hybridized carbons (Fsp3) is 0.471. The molecule has 0 bridgehead atoms. The van der Waals surface area contributed by atoms with Gasteiger partial charge in [0.2, 0.25) is 5.82 Å². The van der Waals surface area contributed by atoms with E-state index in [2.05, 4.69) is 20.3 Å². The SMILES string of the molecule is Cc1nc(C(=O)N[C@H](C)CN2CCOCC2)nn1-c1ccc(F)cc1. The Morgan fingerprint density at radius 2 is 2.00 bits per heavy atom. The van der Waals surface area contributed by atoms with Gasteiger partial charge in [0.05, 0.1) is 18.9 Å².